The van der Waals surface area contributed by atoms with E-state index < -0.39 is 5.91 Å². The summed E-state index contributed by atoms with van der Waals surface area (Å²) in [5.41, 5.74) is 8.20. The first-order chi connectivity index (χ1) is 12.7. The normalized spacial score (nSPS) is 20.8. The monoisotopic (exact) mass is 368 g/mol. The second-order valence-corrected chi connectivity index (χ2v) is 9.10. The number of anilines is 1. The smallest absolute Gasteiger partial charge is 0.250 e. The highest BCUT2D eigenvalue weighted by Crippen LogP contribution is 2.31. The summed E-state index contributed by atoms with van der Waals surface area (Å²) >= 11 is 0. The number of fused-ring (bicyclic) bond motifs is 1. The second-order valence-electron chi connectivity index (χ2n) is 9.10. The van der Waals surface area contributed by atoms with Crippen molar-refractivity contribution in [2.75, 3.05) is 24.5 Å². The zero-order valence-corrected chi connectivity index (χ0v) is 17.0. The van der Waals surface area contributed by atoms with Crippen molar-refractivity contribution < 1.29 is 4.79 Å². The third-order valence-corrected chi connectivity index (χ3v) is 5.32. The first-order valence-corrected chi connectivity index (χ1v) is 9.90. The van der Waals surface area contributed by atoms with E-state index in [1.165, 1.54) is 6.42 Å². The number of aromatic nitrogens is 1. The van der Waals surface area contributed by atoms with Crippen molar-refractivity contribution in [2.45, 2.75) is 46.6 Å². The summed E-state index contributed by atoms with van der Waals surface area (Å²) in [7, 11) is 0. The maximum atomic E-state index is 11.8. The maximum absolute atomic E-state index is 11.8. The summed E-state index contributed by atoms with van der Waals surface area (Å²) in [6, 6.07) is 8.26. The molecule has 0 bridgehead atoms. The number of carbonyl (C=O) groups excluding carboxylic acids is 1. The van der Waals surface area contributed by atoms with Crippen LogP contribution in [-0.4, -0.2) is 36.6 Å². The van der Waals surface area contributed by atoms with E-state index in [1.54, 1.807) is 6.20 Å². The van der Waals surface area contributed by atoms with Gasteiger partial charge < -0.3 is 16.0 Å². The second kappa shape index (κ2) is 7.85. The van der Waals surface area contributed by atoms with E-state index in [0.717, 1.165) is 37.1 Å². The fourth-order valence-electron chi connectivity index (χ4n) is 3.98. The molecule has 3 rings (SSSR count). The Morgan fingerprint density at radius 3 is 2.78 bits per heavy atom. The number of benzene rings is 1. The standard InChI is InChI=1S/C22H32N4O/c1-15-12-16(24-11-9-22(2,3)4)14-26(13-15)19-8-7-18(21(23)27)20-17(19)6-5-10-25-20/h5-8,10,15-16,24H,9,11-14H2,1-4H3,(H2,23,27)/t15-,16+/m0/s1. The van der Waals surface area contributed by atoms with E-state index in [1.807, 2.05) is 24.3 Å². The SMILES string of the molecule is C[C@H]1C[C@@H](NCCC(C)(C)C)CN(c2ccc(C(N)=O)c3ncccc23)C1. The maximum Gasteiger partial charge on any atom is 0.250 e. The van der Waals surface area contributed by atoms with Gasteiger partial charge in [-0.2, -0.15) is 0 Å². The quantitative estimate of drug-likeness (QED) is 0.846. The number of amides is 1. The van der Waals surface area contributed by atoms with Gasteiger partial charge in [0, 0.05) is 36.4 Å². The Kier molecular flexibility index (Phi) is 5.70. The highest BCUT2D eigenvalue weighted by Gasteiger charge is 2.26. The topological polar surface area (TPSA) is 71.2 Å². The molecule has 1 aromatic heterocycles. The molecule has 1 aliphatic rings. The lowest BCUT2D eigenvalue weighted by atomic mass is 9.91. The van der Waals surface area contributed by atoms with Crippen molar-refractivity contribution in [1.29, 1.82) is 0 Å². The van der Waals surface area contributed by atoms with Crippen molar-refractivity contribution in [1.82, 2.24) is 10.3 Å². The third kappa shape index (κ3) is 4.78. The van der Waals surface area contributed by atoms with Gasteiger partial charge in [-0.15, -0.1) is 0 Å². The van der Waals surface area contributed by atoms with E-state index in [4.69, 9.17) is 5.73 Å². The number of hydrogen-bond acceptors (Lipinski definition) is 4. The molecule has 27 heavy (non-hydrogen) atoms. The molecule has 1 aliphatic heterocycles. The number of hydrogen-bond donors (Lipinski definition) is 2. The lowest BCUT2D eigenvalue weighted by Crippen LogP contribution is -2.49. The number of carbonyl (C=O) groups is 1. The van der Waals surface area contributed by atoms with Gasteiger partial charge in [-0.1, -0.05) is 27.7 Å². The number of pyridine rings is 1. The molecule has 0 spiro atoms. The van der Waals surface area contributed by atoms with Crippen LogP contribution in [-0.2, 0) is 0 Å². The molecule has 1 aromatic carbocycles. The van der Waals surface area contributed by atoms with Crippen LogP contribution in [0.25, 0.3) is 10.9 Å². The van der Waals surface area contributed by atoms with E-state index in [2.05, 4.69) is 42.9 Å². The van der Waals surface area contributed by atoms with Gasteiger partial charge in [-0.25, -0.2) is 0 Å². The average Bonchev–Trinajstić information content (AvgIpc) is 2.59. The fourth-order valence-corrected chi connectivity index (χ4v) is 3.98. The van der Waals surface area contributed by atoms with Gasteiger partial charge in [-0.05, 0) is 55.0 Å². The van der Waals surface area contributed by atoms with Crippen LogP contribution in [0.2, 0.25) is 0 Å². The molecule has 0 aliphatic carbocycles. The molecule has 1 fully saturated rings. The van der Waals surface area contributed by atoms with Gasteiger partial charge >= 0.3 is 0 Å². The highest BCUT2D eigenvalue weighted by atomic mass is 16.1. The van der Waals surface area contributed by atoms with Crippen LogP contribution in [0.15, 0.2) is 30.5 Å². The molecule has 5 heteroatoms. The molecule has 1 amide bonds. The number of rotatable bonds is 5. The van der Waals surface area contributed by atoms with Crippen molar-refractivity contribution in [3.8, 4) is 0 Å². The number of nitrogens with two attached hydrogens (primary N) is 1. The van der Waals surface area contributed by atoms with Crippen LogP contribution in [0, 0.1) is 11.3 Å². The van der Waals surface area contributed by atoms with Gasteiger partial charge in [-0.3, -0.25) is 9.78 Å². The van der Waals surface area contributed by atoms with Crippen molar-refractivity contribution in [2.24, 2.45) is 17.1 Å². The average molecular weight is 369 g/mol. The van der Waals surface area contributed by atoms with Crippen LogP contribution in [0.3, 0.4) is 0 Å². The Labute approximate surface area is 162 Å². The molecule has 0 saturated carbocycles. The number of primary amides is 1. The molecule has 146 valence electrons. The van der Waals surface area contributed by atoms with E-state index in [0.29, 0.717) is 28.5 Å². The minimum absolute atomic E-state index is 0.347. The van der Waals surface area contributed by atoms with Crippen LogP contribution < -0.4 is 16.0 Å². The number of piperidine rings is 1. The molecular weight excluding hydrogens is 336 g/mol. The highest BCUT2D eigenvalue weighted by molar-refractivity contribution is 6.08. The van der Waals surface area contributed by atoms with E-state index in [9.17, 15) is 4.79 Å². The largest absolute Gasteiger partial charge is 0.369 e. The Balaban J connectivity index is 1.83. The first kappa shape index (κ1) is 19.6. The van der Waals surface area contributed by atoms with Crippen LogP contribution in [0.5, 0.6) is 0 Å². The molecule has 0 unspecified atom stereocenters. The van der Waals surface area contributed by atoms with Crippen molar-refractivity contribution >= 4 is 22.5 Å². The first-order valence-electron chi connectivity index (χ1n) is 9.90. The van der Waals surface area contributed by atoms with Crippen LogP contribution >= 0.6 is 0 Å². The molecular formula is C22H32N4O. The Hall–Kier alpha value is -2.14. The summed E-state index contributed by atoms with van der Waals surface area (Å²) in [6.45, 7) is 12.2. The predicted molar refractivity (Wildman–Crippen MR) is 112 cm³/mol. The zero-order valence-electron chi connectivity index (χ0n) is 17.0. The van der Waals surface area contributed by atoms with E-state index >= 15 is 0 Å². The van der Waals surface area contributed by atoms with Crippen LogP contribution in [0.4, 0.5) is 5.69 Å². The summed E-state index contributed by atoms with van der Waals surface area (Å²) in [5.74, 6) is 0.174. The molecule has 2 atom stereocenters. The predicted octanol–water partition coefficient (Wildman–Crippen LogP) is 3.57. The summed E-state index contributed by atoms with van der Waals surface area (Å²) in [6.07, 6.45) is 4.07. The molecule has 5 nitrogen and oxygen atoms in total. The van der Waals surface area contributed by atoms with Gasteiger partial charge in [0.05, 0.1) is 11.1 Å². The van der Waals surface area contributed by atoms with Crippen LogP contribution in [0.1, 0.15) is 50.9 Å². The summed E-state index contributed by atoms with van der Waals surface area (Å²) in [4.78, 5) is 18.6. The molecule has 3 N–H and O–H groups in total. The molecule has 1 saturated heterocycles. The zero-order chi connectivity index (χ0) is 19.6. The van der Waals surface area contributed by atoms with E-state index in [-0.39, 0.29) is 0 Å². The van der Waals surface area contributed by atoms with Crippen molar-refractivity contribution in [3.05, 3.63) is 36.0 Å². The van der Waals surface area contributed by atoms with Gasteiger partial charge in [0.2, 0.25) is 0 Å². The number of nitrogens with one attached hydrogen (secondary N) is 1. The summed E-state index contributed by atoms with van der Waals surface area (Å²) in [5, 5.41) is 4.75. The fraction of sp³-hybridized carbons (Fsp3) is 0.545. The van der Waals surface area contributed by atoms with Gasteiger partial charge in [0.1, 0.15) is 0 Å². The Bertz CT molecular complexity index is 812. The Morgan fingerprint density at radius 2 is 2.07 bits per heavy atom. The lowest BCUT2D eigenvalue weighted by Gasteiger charge is -2.39. The minimum Gasteiger partial charge on any atom is -0.369 e. The van der Waals surface area contributed by atoms with Gasteiger partial charge in [0.15, 0.2) is 0 Å². The summed E-state index contributed by atoms with van der Waals surface area (Å²) < 4.78 is 0. The minimum atomic E-state index is -0.431. The number of nitrogens with zero attached hydrogens (tertiary/aromatic N) is 2. The Morgan fingerprint density at radius 1 is 1.30 bits per heavy atom. The third-order valence-electron chi connectivity index (χ3n) is 5.32. The lowest BCUT2D eigenvalue weighted by molar-refractivity contribution is 0.100. The molecule has 2 heterocycles. The van der Waals surface area contributed by atoms with Crippen molar-refractivity contribution in [3.63, 3.8) is 0 Å². The van der Waals surface area contributed by atoms with Gasteiger partial charge in [0.25, 0.3) is 5.91 Å². The molecule has 2 aromatic rings. The molecule has 0 radical (unpaired) electrons.